The molecule has 1 aliphatic heterocycles. The molecule has 8 atom stereocenters. The van der Waals surface area contributed by atoms with Crippen molar-refractivity contribution in [3.05, 3.63) is 93.3 Å². The van der Waals surface area contributed by atoms with Crippen molar-refractivity contribution in [3.8, 4) is 11.5 Å². The van der Waals surface area contributed by atoms with Crippen molar-refractivity contribution in [3.63, 3.8) is 0 Å². The molecule has 0 saturated carbocycles. The van der Waals surface area contributed by atoms with Crippen molar-refractivity contribution < 1.29 is 55.4 Å². The van der Waals surface area contributed by atoms with Gasteiger partial charge in [-0.15, -0.1) is 0 Å². The van der Waals surface area contributed by atoms with Gasteiger partial charge in [0.25, 0.3) is 5.56 Å². The zero-order valence-corrected chi connectivity index (χ0v) is 34.1. The lowest BCUT2D eigenvalue weighted by atomic mass is 9.82. The van der Waals surface area contributed by atoms with Gasteiger partial charge in [0.1, 0.15) is 23.6 Å². The lowest BCUT2D eigenvalue weighted by molar-refractivity contribution is -0.150. The van der Waals surface area contributed by atoms with Gasteiger partial charge in [-0.2, -0.15) is 10.2 Å². The summed E-state index contributed by atoms with van der Waals surface area (Å²) in [4.78, 5) is 52.7. The Hall–Kier alpha value is -4.15. The van der Waals surface area contributed by atoms with Crippen LogP contribution in [0.4, 0.5) is 4.39 Å². The second-order valence-electron chi connectivity index (χ2n) is 13.9. The van der Waals surface area contributed by atoms with Crippen LogP contribution in [0.2, 0.25) is 0 Å². The smallest absolute Gasteiger partial charge is 0.459 e. The maximum absolute atomic E-state index is 17.0. The van der Waals surface area contributed by atoms with Crippen molar-refractivity contribution >= 4 is 27.4 Å². The molecule has 1 fully saturated rings. The molecule has 20 heteroatoms. The molecule has 4 rings (SSSR count). The van der Waals surface area contributed by atoms with E-state index in [2.05, 4.69) is 15.2 Å². The molecule has 0 radical (unpaired) electrons. The van der Waals surface area contributed by atoms with E-state index in [1.54, 1.807) is 64.1 Å². The highest BCUT2D eigenvalue weighted by molar-refractivity contribution is 7.52. The second-order valence-corrected chi connectivity index (χ2v) is 17.3. The van der Waals surface area contributed by atoms with Gasteiger partial charge >= 0.3 is 33.1 Å². The van der Waals surface area contributed by atoms with Gasteiger partial charge in [0.2, 0.25) is 0 Å². The Morgan fingerprint density at radius 2 is 1.30 bits per heavy atom. The second kappa shape index (κ2) is 18.9. The number of carbonyl (C=O) groups is 2. The number of H-pyrrole nitrogens is 1. The number of alkyl halides is 1. The average molecular weight is 827 g/mol. The van der Waals surface area contributed by atoms with Crippen molar-refractivity contribution in [2.75, 3.05) is 13.2 Å². The molecule has 4 unspecified atom stereocenters. The number of hydrogen-bond donors (Lipinski definition) is 3. The number of rotatable bonds is 19. The predicted octanol–water partition coefficient (Wildman–Crippen LogP) is 5.35. The summed E-state index contributed by atoms with van der Waals surface area (Å²) in [5.41, 5.74) is -3.52. The van der Waals surface area contributed by atoms with Crippen LogP contribution in [0, 0.1) is 12.3 Å². The first kappa shape index (κ1) is 44.6. The van der Waals surface area contributed by atoms with E-state index in [1.807, 2.05) is 0 Å². The van der Waals surface area contributed by atoms with Gasteiger partial charge in [-0.05, 0) is 72.7 Å². The van der Waals surface area contributed by atoms with E-state index in [1.165, 1.54) is 52.0 Å². The Morgan fingerprint density at radius 1 is 0.839 bits per heavy atom. The Balaban J connectivity index is 1.71. The van der Waals surface area contributed by atoms with Gasteiger partial charge in [0.05, 0.1) is 36.9 Å². The maximum Gasteiger partial charge on any atom is 0.459 e. The molecule has 0 aliphatic carbocycles. The number of aryl methyl sites for hydroxylation is 1. The van der Waals surface area contributed by atoms with Crippen LogP contribution in [0.5, 0.6) is 11.5 Å². The lowest BCUT2D eigenvalue weighted by Crippen LogP contribution is -2.44. The number of benzene rings is 2. The third kappa shape index (κ3) is 11.7. The molecule has 308 valence electrons. The van der Waals surface area contributed by atoms with Gasteiger partial charge in [0, 0.05) is 11.8 Å². The van der Waals surface area contributed by atoms with Crippen LogP contribution in [0.15, 0.2) is 76.4 Å². The third-order valence-corrected chi connectivity index (χ3v) is 11.6. The Labute approximate surface area is 323 Å². The zero-order valence-electron chi connectivity index (χ0n) is 32.3. The summed E-state index contributed by atoms with van der Waals surface area (Å²) in [6.45, 7) is 10.6. The quantitative estimate of drug-likeness (QED) is 0.103. The first-order chi connectivity index (χ1) is 26.2. The molecule has 17 nitrogen and oxygen atoms in total. The molecule has 2 aromatic carbocycles. The highest BCUT2D eigenvalue weighted by atomic mass is 31.2. The molecule has 1 saturated heterocycles. The molecule has 1 aliphatic rings. The van der Waals surface area contributed by atoms with Crippen molar-refractivity contribution in [2.24, 2.45) is 5.41 Å². The van der Waals surface area contributed by atoms with E-state index < -0.39 is 100 Å². The number of esters is 2. The van der Waals surface area contributed by atoms with E-state index in [0.717, 1.165) is 10.8 Å². The fourth-order valence-corrected chi connectivity index (χ4v) is 8.44. The van der Waals surface area contributed by atoms with Crippen LogP contribution >= 0.6 is 15.5 Å². The first-order valence-corrected chi connectivity index (χ1v) is 20.9. The van der Waals surface area contributed by atoms with Gasteiger partial charge in [0.15, 0.2) is 12.4 Å². The van der Waals surface area contributed by atoms with E-state index >= 15 is 4.39 Å². The standard InChI is InChI=1S/C36H49FN4O13P2/c1-22(2)50-33(43)25(6)39-55(46,53-27-15-11-9-12-16-27)48-20-29-36(8,30(37)32(52-29)41-19-24(5)31(42)38-35(41)45)21-49-56(47,54-28-17-13-10-14-18-28)40-26(7)34(44)51-23(3)4/h9-19,22-23,25-26,29-30,32H,20-21H2,1-8H3,(H,39,46)(H,40,47)(H,38,42,45)/t25-,26-,29+,30?,32+,36?,55?,56?/m0/s1. The summed E-state index contributed by atoms with van der Waals surface area (Å²) >= 11 is 0. The summed E-state index contributed by atoms with van der Waals surface area (Å²) in [6, 6.07) is 13.3. The van der Waals surface area contributed by atoms with Crippen LogP contribution in [-0.4, -0.2) is 71.3 Å². The first-order valence-electron chi connectivity index (χ1n) is 17.8. The normalized spacial score (nSPS) is 22.8. The van der Waals surface area contributed by atoms with Crippen LogP contribution < -0.4 is 30.5 Å². The zero-order chi connectivity index (χ0) is 41.4. The van der Waals surface area contributed by atoms with E-state index in [9.17, 15) is 28.3 Å². The van der Waals surface area contributed by atoms with Gasteiger partial charge in [-0.1, -0.05) is 43.3 Å². The molecule has 1 aromatic heterocycles. The Bertz CT molecular complexity index is 2020. The lowest BCUT2D eigenvalue weighted by Gasteiger charge is -2.33. The van der Waals surface area contributed by atoms with Crippen molar-refractivity contribution in [1.82, 2.24) is 19.7 Å². The fourth-order valence-electron chi connectivity index (χ4n) is 5.34. The number of aromatic nitrogens is 2. The molecule has 56 heavy (non-hydrogen) atoms. The van der Waals surface area contributed by atoms with E-state index in [0.29, 0.717) is 0 Å². The average Bonchev–Trinajstić information content (AvgIpc) is 3.37. The summed E-state index contributed by atoms with van der Waals surface area (Å²) in [5, 5.41) is 5.09. The Kier molecular flexibility index (Phi) is 15.0. The fraction of sp³-hybridized carbons (Fsp3) is 0.500. The molecular formula is C36H49FN4O13P2. The molecule has 0 bridgehead atoms. The summed E-state index contributed by atoms with van der Waals surface area (Å²) < 4.78 is 86.4. The van der Waals surface area contributed by atoms with Crippen LogP contribution in [0.3, 0.4) is 0 Å². The van der Waals surface area contributed by atoms with Crippen LogP contribution in [0.25, 0.3) is 0 Å². The number of ether oxygens (including phenoxy) is 3. The summed E-state index contributed by atoms with van der Waals surface area (Å²) in [7, 11) is -9.10. The minimum atomic E-state index is -4.57. The number of nitrogens with zero attached hydrogens (tertiary/aromatic N) is 1. The summed E-state index contributed by atoms with van der Waals surface area (Å²) in [5.74, 6) is -1.36. The van der Waals surface area contributed by atoms with Gasteiger partial charge in [-0.25, -0.2) is 18.3 Å². The highest BCUT2D eigenvalue weighted by Crippen LogP contribution is 2.53. The largest absolute Gasteiger partial charge is 0.462 e. The number of aromatic amines is 1. The number of halogens is 1. The SMILES string of the molecule is Cc1cn([C@@H]2O[C@H](COP(=O)(N[C@@H](C)C(=O)OC(C)C)Oc3ccccc3)C(C)(COP(=O)(N[C@@H](C)C(=O)OC(C)C)Oc3ccccc3)C2F)c(=O)[nH]c1=O. The maximum atomic E-state index is 17.0. The van der Waals surface area contributed by atoms with Crippen molar-refractivity contribution in [1.29, 1.82) is 0 Å². The minimum absolute atomic E-state index is 0.0671. The molecule has 0 amide bonds. The van der Waals surface area contributed by atoms with Gasteiger partial charge < -0.3 is 23.3 Å². The Morgan fingerprint density at radius 3 is 1.77 bits per heavy atom. The number of hydrogen-bond acceptors (Lipinski definition) is 13. The topological polar surface area (TPSA) is 212 Å². The third-order valence-electron chi connectivity index (χ3n) is 8.33. The van der Waals surface area contributed by atoms with Crippen molar-refractivity contribution in [2.45, 2.75) is 98.2 Å². The van der Waals surface area contributed by atoms with Crippen LogP contribution in [-0.2, 0) is 42.0 Å². The minimum Gasteiger partial charge on any atom is -0.462 e. The molecule has 0 spiro atoms. The number of carbonyl (C=O) groups excluding carboxylic acids is 2. The van der Waals surface area contributed by atoms with Gasteiger partial charge in [-0.3, -0.25) is 33.0 Å². The molecule has 3 aromatic rings. The summed E-state index contributed by atoms with van der Waals surface area (Å²) in [6.07, 6.45) is -5.21. The van der Waals surface area contributed by atoms with E-state index in [-0.39, 0.29) is 17.1 Å². The predicted molar refractivity (Wildman–Crippen MR) is 202 cm³/mol. The number of nitrogens with one attached hydrogen (secondary N) is 3. The number of para-hydroxylation sites is 2. The highest BCUT2D eigenvalue weighted by Gasteiger charge is 2.57. The van der Waals surface area contributed by atoms with Crippen LogP contribution in [0.1, 0.15) is 60.3 Å². The molecular weight excluding hydrogens is 777 g/mol. The molecule has 3 N–H and O–H groups in total. The monoisotopic (exact) mass is 826 g/mol. The van der Waals surface area contributed by atoms with E-state index in [4.69, 9.17) is 32.3 Å². The molecule has 2 heterocycles.